The topological polar surface area (TPSA) is 65.6 Å². The molecule has 0 saturated carbocycles. The molecule has 1 aromatic rings. The number of rotatable bonds is 8. The number of hydrogen-bond donors (Lipinski definition) is 3. The van der Waals surface area contributed by atoms with Crippen LogP contribution in [0.3, 0.4) is 0 Å². The Morgan fingerprint density at radius 2 is 2.00 bits per heavy atom. The van der Waals surface area contributed by atoms with Gasteiger partial charge in [-0.15, -0.1) is 0 Å². The van der Waals surface area contributed by atoms with Crippen molar-refractivity contribution >= 4 is 5.91 Å². The van der Waals surface area contributed by atoms with E-state index in [1.54, 1.807) is 0 Å². The van der Waals surface area contributed by atoms with Gasteiger partial charge in [-0.3, -0.25) is 10.2 Å². The SMILES string of the molecule is O=C(CCC1CCN(CC2CNNC2c2ccccc2)CC1)NCC1CCCO1. The Hall–Kier alpha value is -1.47. The molecular weight excluding hydrogens is 364 g/mol. The second kappa shape index (κ2) is 10.5. The lowest BCUT2D eigenvalue weighted by Crippen LogP contribution is -2.39. The Morgan fingerprint density at radius 3 is 2.76 bits per heavy atom. The summed E-state index contributed by atoms with van der Waals surface area (Å²) in [6.07, 6.45) is 6.54. The average Bonchev–Trinajstić information content (AvgIpc) is 3.44. The van der Waals surface area contributed by atoms with Crippen molar-refractivity contribution in [3.8, 4) is 0 Å². The van der Waals surface area contributed by atoms with Crippen molar-refractivity contribution in [2.45, 2.75) is 50.7 Å². The molecule has 160 valence electrons. The summed E-state index contributed by atoms with van der Waals surface area (Å²) in [6.45, 7) is 5.99. The van der Waals surface area contributed by atoms with Crippen molar-refractivity contribution in [2.75, 3.05) is 39.3 Å². The van der Waals surface area contributed by atoms with Crippen LogP contribution in [0.4, 0.5) is 0 Å². The number of benzene rings is 1. The predicted octanol–water partition coefficient (Wildman–Crippen LogP) is 2.24. The molecule has 3 N–H and O–H groups in total. The van der Waals surface area contributed by atoms with Crippen LogP contribution < -0.4 is 16.2 Å². The minimum Gasteiger partial charge on any atom is -0.376 e. The molecule has 0 spiro atoms. The van der Waals surface area contributed by atoms with Gasteiger partial charge in [0, 0.05) is 38.6 Å². The molecule has 0 radical (unpaired) electrons. The molecule has 4 rings (SSSR count). The fraction of sp³-hybridized carbons (Fsp3) is 0.696. The molecule has 6 nitrogen and oxygen atoms in total. The van der Waals surface area contributed by atoms with E-state index in [0.29, 0.717) is 30.8 Å². The van der Waals surface area contributed by atoms with Gasteiger partial charge in [0.1, 0.15) is 0 Å². The smallest absolute Gasteiger partial charge is 0.220 e. The van der Waals surface area contributed by atoms with Gasteiger partial charge in [0.25, 0.3) is 0 Å². The van der Waals surface area contributed by atoms with Crippen molar-refractivity contribution in [1.29, 1.82) is 0 Å². The molecule has 0 aromatic heterocycles. The van der Waals surface area contributed by atoms with E-state index in [9.17, 15) is 4.79 Å². The normalized spacial score (nSPS) is 28.6. The lowest BCUT2D eigenvalue weighted by molar-refractivity contribution is -0.122. The molecule has 1 aromatic carbocycles. The van der Waals surface area contributed by atoms with Crippen molar-refractivity contribution in [3.63, 3.8) is 0 Å². The summed E-state index contributed by atoms with van der Waals surface area (Å²) in [5.74, 6) is 1.47. The number of hydrazine groups is 1. The first-order valence-corrected chi connectivity index (χ1v) is 11.4. The number of carbonyl (C=O) groups excluding carboxylic acids is 1. The number of piperidine rings is 1. The number of amides is 1. The number of carbonyl (C=O) groups is 1. The highest BCUT2D eigenvalue weighted by atomic mass is 16.5. The molecule has 0 bridgehead atoms. The van der Waals surface area contributed by atoms with Gasteiger partial charge in [0.2, 0.25) is 5.91 Å². The van der Waals surface area contributed by atoms with E-state index in [4.69, 9.17) is 4.74 Å². The second-order valence-corrected chi connectivity index (χ2v) is 8.90. The highest BCUT2D eigenvalue weighted by molar-refractivity contribution is 5.75. The molecule has 0 aliphatic carbocycles. The van der Waals surface area contributed by atoms with E-state index in [1.807, 2.05) is 0 Å². The molecule has 3 atom stereocenters. The molecule has 3 aliphatic heterocycles. The van der Waals surface area contributed by atoms with Crippen LogP contribution in [0, 0.1) is 11.8 Å². The average molecular weight is 401 g/mol. The van der Waals surface area contributed by atoms with Crippen LogP contribution in [0.15, 0.2) is 30.3 Å². The molecule has 1 amide bonds. The third-order valence-electron chi connectivity index (χ3n) is 6.78. The maximum atomic E-state index is 12.1. The van der Waals surface area contributed by atoms with Gasteiger partial charge in [-0.25, -0.2) is 5.43 Å². The summed E-state index contributed by atoms with van der Waals surface area (Å²) in [7, 11) is 0. The summed E-state index contributed by atoms with van der Waals surface area (Å²) in [6, 6.07) is 11.1. The number of nitrogens with zero attached hydrogens (tertiary/aromatic N) is 1. The van der Waals surface area contributed by atoms with E-state index in [-0.39, 0.29) is 12.0 Å². The van der Waals surface area contributed by atoms with Crippen LogP contribution in [-0.2, 0) is 9.53 Å². The highest BCUT2D eigenvalue weighted by Crippen LogP contribution is 2.28. The summed E-state index contributed by atoms with van der Waals surface area (Å²) < 4.78 is 5.57. The van der Waals surface area contributed by atoms with E-state index in [0.717, 1.165) is 52.0 Å². The minimum atomic E-state index is 0.191. The summed E-state index contributed by atoms with van der Waals surface area (Å²) in [5.41, 5.74) is 8.18. The van der Waals surface area contributed by atoms with Gasteiger partial charge in [0.15, 0.2) is 0 Å². The maximum absolute atomic E-state index is 12.1. The zero-order valence-electron chi connectivity index (χ0n) is 17.4. The number of nitrogens with one attached hydrogen (secondary N) is 3. The Balaban J connectivity index is 1.14. The van der Waals surface area contributed by atoms with Gasteiger partial charge in [-0.2, -0.15) is 0 Å². The molecule has 29 heavy (non-hydrogen) atoms. The van der Waals surface area contributed by atoms with Crippen molar-refractivity contribution in [3.05, 3.63) is 35.9 Å². The van der Waals surface area contributed by atoms with E-state index in [2.05, 4.69) is 51.4 Å². The number of likely N-dealkylation sites (tertiary alicyclic amines) is 1. The van der Waals surface area contributed by atoms with Crippen molar-refractivity contribution in [2.24, 2.45) is 11.8 Å². The zero-order valence-corrected chi connectivity index (χ0v) is 17.4. The lowest BCUT2D eigenvalue weighted by Gasteiger charge is -2.34. The Morgan fingerprint density at radius 1 is 1.17 bits per heavy atom. The highest BCUT2D eigenvalue weighted by Gasteiger charge is 2.31. The van der Waals surface area contributed by atoms with Crippen LogP contribution in [0.25, 0.3) is 0 Å². The molecule has 3 fully saturated rings. The lowest BCUT2D eigenvalue weighted by atomic mass is 9.90. The van der Waals surface area contributed by atoms with Crippen LogP contribution in [0.1, 0.15) is 50.1 Å². The largest absolute Gasteiger partial charge is 0.376 e. The fourth-order valence-electron chi connectivity index (χ4n) is 4.97. The third-order valence-corrected chi connectivity index (χ3v) is 6.78. The first-order chi connectivity index (χ1) is 14.3. The minimum absolute atomic E-state index is 0.191. The molecular formula is C23H36N4O2. The number of ether oxygens (including phenoxy) is 1. The fourth-order valence-corrected chi connectivity index (χ4v) is 4.97. The summed E-state index contributed by atoms with van der Waals surface area (Å²) >= 11 is 0. The Bertz CT molecular complexity index is 627. The van der Waals surface area contributed by atoms with Crippen LogP contribution in [-0.4, -0.2) is 56.2 Å². The van der Waals surface area contributed by atoms with E-state index in [1.165, 1.54) is 18.4 Å². The van der Waals surface area contributed by atoms with Gasteiger partial charge >= 0.3 is 0 Å². The van der Waals surface area contributed by atoms with Crippen LogP contribution in [0.2, 0.25) is 0 Å². The zero-order chi connectivity index (χ0) is 19.9. The molecule has 3 saturated heterocycles. The van der Waals surface area contributed by atoms with Crippen molar-refractivity contribution in [1.82, 2.24) is 21.1 Å². The van der Waals surface area contributed by atoms with Crippen molar-refractivity contribution < 1.29 is 9.53 Å². The molecule has 3 heterocycles. The van der Waals surface area contributed by atoms with E-state index >= 15 is 0 Å². The monoisotopic (exact) mass is 400 g/mol. The van der Waals surface area contributed by atoms with Crippen LogP contribution >= 0.6 is 0 Å². The first-order valence-electron chi connectivity index (χ1n) is 11.4. The Labute approximate surface area is 174 Å². The third kappa shape index (κ3) is 6.01. The van der Waals surface area contributed by atoms with Gasteiger partial charge in [-0.05, 0) is 56.7 Å². The maximum Gasteiger partial charge on any atom is 0.220 e. The van der Waals surface area contributed by atoms with Gasteiger partial charge in [0.05, 0.1) is 12.1 Å². The standard InChI is InChI=1S/C23H36N4O2/c28-22(24-16-21-7-4-14-29-21)9-8-18-10-12-27(13-11-18)17-20-15-25-26-23(20)19-5-2-1-3-6-19/h1-3,5-6,18,20-21,23,25-26H,4,7-17H2,(H,24,28). The summed E-state index contributed by atoms with van der Waals surface area (Å²) in [4.78, 5) is 14.7. The predicted molar refractivity (Wildman–Crippen MR) is 114 cm³/mol. The number of hydrogen-bond acceptors (Lipinski definition) is 5. The van der Waals surface area contributed by atoms with Crippen LogP contribution in [0.5, 0.6) is 0 Å². The van der Waals surface area contributed by atoms with Gasteiger partial charge < -0.3 is 15.0 Å². The Kier molecular flexibility index (Phi) is 7.55. The molecule has 6 heteroatoms. The first kappa shape index (κ1) is 20.8. The quantitative estimate of drug-likeness (QED) is 0.625. The molecule has 3 unspecified atom stereocenters. The molecule has 3 aliphatic rings. The summed E-state index contributed by atoms with van der Waals surface area (Å²) in [5, 5.41) is 3.05. The van der Waals surface area contributed by atoms with E-state index < -0.39 is 0 Å². The second-order valence-electron chi connectivity index (χ2n) is 8.90. The van der Waals surface area contributed by atoms with Gasteiger partial charge in [-0.1, -0.05) is 30.3 Å².